The fourth-order valence-corrected chi connectivity index (χ4v) is 2.09. The maximum absolute atomic E-state index is 13.7. The normalized spacial score (nSPS) is 12.4. The standard InChI is InChI=1S/C12H12BrFN4/c13-10-1-2-11(14)8(3-10)4-12(18-15)9-5-16-7-17-6-9/h1-3,5-7,12,18H,4,15H2. The molecule has 1 unspecified atom stereocenters. The Bertz CT molecular complexity index is 521. The number of nitrogens with two attached hydrogens (primary N) is 1. The first-order valence-electron chi connectivity index (χ1n) is 5.35. The summed E-state index contributed by atoms with van der Waals surface area (Å²) in [7, 11) is 0. The van der Waals surface area contributed by atoms with Gasteiger partial charge in [0, 0.05) is 22.4 Å². The number of rotatable bonds is 4. The molecule has 18 heavy (non-hydrogen) atoms. The number of hydrogen-bond acceptors (Lipinski definition) is 4. The number of halogens is 2. The van der Waals surface area contributed by atoms with Crippen molar-refractivity contribution in [3.8, 4) is 0 Å². The molecule has 0 aliphatic rings. The predicted octanol–water partition coefficient (Wildman–Crippen LogP) is 2.13. The quantitative estimate of drug-likeness (QED) is 0.671. The molecule has 0 saturated heterocycles. The van der Waals surface area contributed by atoms with Gasteiger partial charge in [0.25, 0.3) is 0 Å². The minimum atomic E-state index is -0.254. The van der Waals surface area contributed by atoms with E-state index in [0.29, 0.717) is 12.0 Å². The van der Waals surface area contributed by atoms with Gasteiger partial charge < -0.3 is 0 Å². The average Bonchev–Trinajstić information content (AvgIpc) is 2.41. The second-order valence-corrected chi connectivity index (χ2v) is 4.75. The summed E-state index contributed by atoms with van der Waals surface area (Å²) in [6, 6.07) is 4.60. The van der Waals surface area contributed by atoms with E-state index in [4.69, 9.17) is 5.84 Å². The van der Waals surface area contributed by atoms with Crippen molar-refractivity contribution in [3.63, 3.8) is 0 Å². The molecule has 0 bridgehead atoms. The molecule has 4 nitrogen and oxygen atoms in total. The Labute approximate surface area is 113 Å². The van der Waals surface area contributed by atoms with Gasteiger partial charge in [-0.15, -0.1) is 0 Å². The SMILES string of the molecule is NNC(Cc1cc(Br)ccc1F)c1cncnc1. The number of nitrogens with zero attached hydrogens (tertiary/aromatic N) is 2. The summed E-state index contributed by atoms with van der Waals surface area (Å²) in [5, 5.41) is 0. The van der Waals surface area contributed by atoms with Crippen LogP contribution in [0.5, 0.6) is 0 Å². The van der Waals surface area contributed by atoms with Gasteiger partial charge in [-0.3, -0.25) is 11.3 Å². The van der Waals surface area contributed by atoms with Crippen molar-refractivity contribution in [2.24, 2.45) is 5.84 Å². The molecule has 1 aromatic heterocycles. The van der Waals surface area contributed by atoms with Crippen molar-refractivity contribution >= 4 is 15.9 Å². The van der Waals surface area contributed by atoms with Gasteiger partial charge in [0.15, 0.2) is 0 Å². The molecule has 94 valence electrons. The highest BCUT2D eigenvalue weighted by molar-refractivity contribution is 9.10. The predicted molar refractivity (Wildman–Crippen MR) is 69.9 cm³/mol. The smallest absolute Gasteiger partial charge is 0.126 e. The van der Waals surface area contributed by atoms with E-state index in [2.05, 4.69) is 31.3 Å². The second kappa shape index (κ2) is 5.99. The first kappa shape index (κ1) is 13.1. The van der Waals surface area contributed by atoms with E-state index in [0.717, 1.165) is 10.0 Å². The Morgan fingerprint density at radius 2 is 2.06 bits per heavy atom. The molecular formula is C12H12BrFN4. The third-order valence-corrected chi connectivity index (χ3v) is 3.11. The summed E-state index contributed by atoms with van der Waals surface area (Å²) in [6.07, 6.45) is 5.19. The molecule has 2 rings (SSSR count). The number of hydrazine groups is 1. The maximum atomic E-state index is 13.7. The van der Waals surface area contributed by atoms with Gasteiger partial charge in [-0.2, -0.15) is 0 Å². The van der Waals surface area contributed by atoms with Crippen LogP contribution in [-0.2, 0) is 6.42 Å². The molecule has 0 saturated carbocycles. The molecule has 1 heterocycles. The fraction of sp³-hybridized carbons (Fsp3) is 0.167. The average molecular weight is 311 g/mol. The van der Waals surface area contributed by atoms with Crippen LogP contribution in [0.25, 0.3) is 0 Å². The molecule has 0 aliphatic carbocycles. The van der Waals surface area contributed by atoms with Crippen LogP contribution in [0.1, 0.15) is 17.2 Å². The van der Waals surface area contributed by atoms with Crippen molar-refractivity contribution < 1.29 is 4.39 Å². The molecule has 0 aliphatic heterocycles. The molecule has 1 aromatic carbocycles. The van der Waals surface area contributed by atoms with E-state index in [-0.39, 0.29) is 11.9 Å². The van der Waals surface area contributed by atoms with Crippen molar-refractivity contribution in [2.45, 2.75) is 12.5 Å². The Morgan fingerprint density at radius 1 is 1.33 bits per heavy atom. The Morgan fingerprint density at radius 3 is 2.72 bits per heavy atom. The summed E-state index contributed by atoms with van der Waals surface area (Å²) in [5.74, 6) is 5.25. The molecule has 2 aromatic rings. The van der Waals surface area contributed by atoms with Crippen molar-refractivity contribution in [1.82, 2.24) is 15.4 Å². The second-order valence-electron chi connectivity index (χ2n) is 3.83. The summed E-state index contributed by atoms with van der Waals surface area (Å²) in [5.41, 5.74) is 4.05. The van der Waals surface area contributed by atoms with Gasteiger partial charge in [-0.05, 0) is 30.2 Å². The highest BCUT2D eigenvalue weighted by Gasteiger charge is 2.14. The third kappa shape index (κ3) is 3.10. The van der Waals surface area contributed by atoms with Gasteiger partial charge in [-0.1, -0.05) is 15.9 Å². The van der Waals surface area contributed by atoms with Crippen LogP contribution in [-0.4, -0.2) is 9.97 Å². The van der Waals surface area contributed by atoms with Crippen LogP contribution >= 0.6 is 15.9 Å². The maximum Gasteiger partial charge on any atom is 0.126 e. The van der Waals surface area contributed by atoms with Crippen LogP contribution in [0.2, 0.25) is 0 Å². The highest BCUT2D eigenvalue weighted by atomic mass is 79.9. The van der Waals surface area contributed by atoms with Gasteiger partial charge in [-0.25, -0.2) is 14.4 Å². The lowest BCUT2D eigenvalue weighted by Crippen LogP contribution is -2.30. The van der Waals surface area contributed by atoms with E-state index < -0.39 is 0 Å². The Hall–Kier alpha value is -1.37. The van der Waals surface area contributed by atoms with E-state index >= 15 is 0 Å². The Balaban J connectivity index is 2.23. The first-order chi connectivity index (χ1) is 8.70. The topological polar surface area (TPSA) is 63.8 Å². The van der Waals surface area contributed by atoms with Crippen LogP contribution in [0.3, 0.4) is 0 Å². The van der Waals surface area contributed by atoms with Crippen LogP contribution < -0.4 is 11.3 Å². The number of benzene rings is 1. The van der Waals surface area contributed by atoms with Gasteiger partial charge in [0.1, 0.15) is 12.1 Å². The molecular weight excluding hydrogens is 299 g/mol. The minimum Gasteiger partial charge on any atom is -0.271 e. The number of nitrogens with one attached hydrogen (secondary N) is 1. The first-order valence-corrected chi connectivity index (χ1v) is 6.15. The number of hydrogen-bond donors (Lipinski definition) is 2. The summed E-state index contributed by atoms with van der Waals surface area (Å²) in [6.45, 7) is 0. The van der Waals surface area contributed by atoms with Crippen LogP contribution in [0, 0.1) is 5.82 Å². The highest BCUT2D eigenvalue weighted by Crippen LogP contribution is 2.21. The summed E-state index contributed by atoms with van der Waals surface area (Å²) in [4.78, 5) is 7.85. The van der Waals surface area contributed by atoms with Gasteiger partial charge >= 0.3 is 0 Å². The Kier molecular flexibility index (Phi) is 4.35. The molecule has 0 amide bonds. The summed E-state index contributed by atoms with van der Waals surface area (Å²) >= 11 is 3.32. The zero-order valence-electron chi connectivity index (χ0n) is 9.48. The zero-order chi connectivity index (χ0) is 13.0. The van der Waals surface area contributed by atoms with Crippen molar-refractivity contribution in [3.05, 3.63) is 58.3 Å². The monoisotopic (exact) mass is 310 g/mol. The molecule has 0 radical (unpaired) electrons. The van der Waals surface area contributed by atoms with Gasteiger partial charge in [0.05, 0.1) is 6.04 Å². The van der Waals surface area contributed by atoms with Crippen molar-refractivity contribution in [2.75, 3.05) is 0 Å². The van der Waals surface area contributed by atoms with Crippen molar-refractivity contribution in [1.29, 1.82) is 0 Å². The van der Waals surface area contributed by atoms with E-state index in [9.17, 15) is 4.39 Å². The third-order valence-electron chi connectivity index (χ3n) is 2.62. The van der Waals surface area contributed by atoms with Gasteiger partial charge in [0.2, 0.25) is 0 Å². The van der Waals surface area contributed by atoms with E-state index in [1.165, 1.54) is 12.4 Å². The lowest BCUT2D eigenvalue weighted by Gasteiger charge is -2.16. The fourth-order valence-electron chi connectivity index (χ4n) is 1.68. The molecule has 1 atom stereocenters. The number of aromatic nitrogens is 2. The lowest BCUT2D eigenvalue weighted by atomic mass is 10.0. The van der Waals surface area contributed by atoms with Crippen LogP contribution in [0.4, 0.5) is 4.39 Å². The van der Waals surface area contributed by atoms with E-state index in [1.54, 1.807) is 24.5 Å². The summed E-state index contributed by atoms with van der Waals surface area (Å²) < 4.78 is 14.5. The molecule has 0 fully saturated rings. The minimum absolute atomic E-state index is 0.227. The molecule has 6 heteroatoms. The molecule has 3 N–H and O–H groups in total. The lowest BCUT2D eigenvalue weighted by molar-refractivity contribution is 0.526. The zero-order valence-corrected chi connectivity index (χ0v) is 11.1. The largest absolute Gasteiger partial charge is 0.271 e. The molecule has 0 spiro atoms. The van der Waals surface area contributed by atoms with Crippen LogP contribution in [0.15, 0.2) is 41.4 Å². The van der Waals surface area contributed by atoms with E-state index in [1.807, 2.05) is 0 Å².